The summed E-state index contributed by atoms with van der Waals surface area (Å²) in [6, 6.07) is 10.5. The first kappa shape index (κ1) is 10.7. The van der Waals surface area contributed by atoms with E-state index in [1.165, 1.54) is 18.4 Å². The number of hydrogen-bond acceptors (Lipinski definition) is 2. The van der Waals surface area contributed by atoms with Crippen LogP contribution in [0.4, 0.5) is 0 Å². The number of piperidine rings is 1. The number of hydrogen-bond donors (Lipinski definition) is 1. The Hall–Kier alpha value is -0.860. The van der Waals surface area contributed by atoms with Crippen LogP contribution in [0.25, 0.3) is 0 Å². The van der Waals surface area contributed by atoms with Gasteiger partial charge in [0.2, 0.25) is 0 Å². The van der Waals surface area contributed by atoms with Crippen molar-refractivity contribution in [2.24, 2.45) is 5.92 Å². The largest absolute Gasteiger partial charge is 0.376 e. The van der Waals surface area contributed by atoms with Crippen LogP contribution in [0.15, 0.2) is 30.3 Å². The van der Waals surface area contributed by atoms with Crippen molar-refractivity contribution in [3.63, 3.8) is 0 Å². The maximum atomic E-state index is 5.64. The third-order valence-corrected chi connectivity index (χ3v) is 3.15. The molecule has 1 fully saturated rings. The Kier molecular flexibility index (Phi) is 3.75. The average Bonchev–Trinajstić information content (AvgIpc) is 2.33. The van der Waals surface area contributed by atoms with Crippen molar-refractivity contribution in [1.29, 1.82) is 0 Å². The third kappa shape index (κ3) is 2.58. The van der Waals surface area contributed by atoms with Gasteiger partial charge in [0.05, 0.1) is 6.10 Å². The van der Waals surface area contributed by atoms with Crippen LogP contribution in [0, 0.1) is 5.92 Å². The molecule has 0 unspecified atom stereocenters. The summed E-state index contributed by atoms with van der Waals surface area (Å²) in [4.78, 5) is 0. The molecule has 2 heteroatoms. The van der Waals surface area contributed by atoms with E-state index in [0.717, 1.165) is 13.1 Å². The third-order valence-electron chi connectivity index (χ3n) is 3.15. The Morgan fingerprint density at radius 3 is 2.73 bits per heavy atom. The van der Waals surface area contributed by atoms with Crippen molar-refractivity contribution in [2.45, 2.75) is 18.9 Å². The van der Waals surface area contributed by atoms with Gasteiger partial charge in [0.25, 0.3) is 0 Å². The lowest BCUT2D eigenvalue weighted by Gasteiger charge is -2.30. The highest BCUT2D eigenvalue weighted by Gasteiger charge is 2.24. The van der Waals surface area contributed by atoms with Gasteiger partial charge in [0.1, 0.15) is 0 Å². The van der Waals surface area contributed by atoms with Gasteiger partial charge in [-0.1, -0.05) is 30.3 Å². The van der Waals surface area contributed by atoms with E-state index in [1.54, 1.807) is 0 Å². The number of benzene rings is 1. The molecule has 0 spiro atoms. The first-order valence-corrected chi connectivity index (χ1v) is 5.70. The van der Waals surface area contributed by atoms with Gasteiger partial charge in [-0.3, -0.25) is 0 Å². The van der Waals surface area contributed by atoms with Crippen molar-refractivity contribution in [3.8, 4) is 0 Å². The quantitative estimate of drug-likeness (QED) is 0.818. The van der Waals surface area contributed by atoms with Gasteiger partial charge in [-0.05, 0) is 24.9 Å². The summed E-state index contributed by atoms with van der Waals surface area (Å²) in [5, 5.41) is 3.44. The smallest absolute Gasteiger partial charge is 0.0861 e. The Morgan fingerprint density at radius 1 is 1.33 bits per heavy atom. The molecular weight excluding hydrogens is 186 g/mol. The van der Waals surface area contributed by atoms with Crippen molar-refractivity contribution in [1.82, 2.24) is 5.32 Å². The molecule has 1 aliphatic rings. The van der Waals surface area contributed by atoms with Crippen molar-refractivity contribution in [2.75, 3.05) is 20.2 Å². The molecule has 2 nitrogen and oxygen atoms in total. The Bertz CT molecular complexity index is 280. The standard InChI is InChI=1S/C13H19NO/c1-15-13(11-6-3-2-4-7-11)12-8-5-9-14-10-12/h2-4,6-7,12-14H,5,8-10H2,1H3/t12-,13-/m1/s1. The molecule has 1 saturated heterocycles. The lowest BCUT2D eigenvalue weighted by atomic mass is 9.89. The van der Waals surface area contributed by atoms with E-state index >= 15 is 0 Å². The molecule has 15 heavy (non-hydrogen) atoms. The first-order chi connectivity index (χ1) is 7.42. The maximum Gasteiger partial charge on any atom is 0.0861 e. The lowest BCUT2D eigenvalue weighted by molar-refractivity contribution is 0.0409. The van der Waals surface area contributed by atoms with E-state index in [0.29, 0.717) is 5.92 Å². The topological polar surface area (TPSA) is 21.3 Å². The molecule has 0 bridgehead atoms. The van der Waals surface area contributed by atoms with Gasteiger partial charge in [0.15, 0.2) is 0 Å². The zero-order chi connectivity index (χ0) is 10.5. The summed E-state index contributed by atoms with van der Waals surface area (Å²) >= 11 is 0. The van der Waals surface area contributed by atoms with Crippen LogP contribution in [0.5, 0.6) is 0 Å². The van der Waals surface area contributed by atoms with E-state index < -0.39 is 0 Å². The molecule has 0 aliphatic carbocycles. The molecule has 82 valence electrons. The minimum absolute atomic E-state index is 0.249. The van der Waals surface area contributed by atoms with E-state index in [9.17, 15) is 0 Å². The number of ether oxygens (including phenoxy) is 1. The fourth-order valence-corrected chi connectivity index (χ4v) is 2.38. The Labute approximate surface area is 91.6 Å². The van der Waals surface area contributed by atoms with Gasteiger partial charge < -0.3 is 10.1 Å². The van der Waals surface area contributed by atoms with E-state index in [4.69, 9.17) is 4.74 Å². The summed E-state index contributed by atoms with van der Waals surface area (Å²) in [5.74, 6) is 0.617. The maximum absolute atomic E-state index is 5.64. The van der Waals surface area contributed by atoms with Crippen molar-refractivity contribution >= 4 is 0 Å². The highest BCUT2D eigenvalue weighted by Crippen LogP contribution is 2.29. The second-order valence-corrected chi connectivity index (χ2v) is 4.17. The van der Waals surface area contributed by atoms with Crippen LogP contribution in [-0.4, -0.2) is 20.2 Å². The molecule has 1 heterocycles. The van der Waals surface area contributed by atoms with E-state index in [-0.39, 0.29) is 6.10 Å². The second-order valence-electron chi connectivity index (χ2n) is 4.17. The van der Waals surface area contributed by atoms with Crippen LogP contribution >= 0.6 is 0 Å². The summed E-state index contributed by atoms with van der Waals surface area (Å²) in [6.45, 7) is 2.23. The summed E-state index contributed by atoms with van der Waals surface area (Å²) in [7, 11) is 1.81. The summed E-state index contributed by atoms with van der Waals surface area (Å²) < 4.78 is 5.64. The number of nitrogens with one attached hydrogen (secondary N) is 1. The fraction of sp³-hybridized carbons (Fsp3) is 0.538. The molecule has 2 rings (SSSR count). The van der Waals surface area contributed by atoms with Gasteiger partial charge in [0, 0.05) is 19.6 Å². The minimum Gasteiger partial charge on any atom is -0.376 e. The van der Waals surface area contributed by atoms with Crippen molar-refractivity contribution < 1.29 is 4.74 Å². The lowest BCUT2D eigenvalue weighted by Crippen LogP contribution is -2.33. The second kappa shape index (κ2) is 5.29. The normalized spacial score (nSPS) is 23.7. The van der Waals surface area contributed by atoms with Gasteiger partial charge in [-0.2, -0.15) is 0 Å². The zero-order valence-corrected chi connectivity index (χ0v) is 9.28. The summed E-state index contributed by atoms with van der Waals surface area (Å²) in [5.41, 5.74) is 1.30. The number of methoxy groups -OCH3 is 1. The summed E-state index contributed by atoms with van der Waals surface area (Å²) in [6.07, 6.45) is 2.77. The molecule has 0 amide bonds. The molecular formula is C13H19NO. The number of rotatable bonds is 3. The predicted molar refractivity (Wildman–Crippen MR) is 61.8 cm³/mol. The molecule has 0 aromatic heterocycles. The zero-order valence-electron chi connectivity index (χ0n) is 9.28. The van der Waals surface area contributed by atoms with Crippen LogP contribution in [0.3, 0.4) is 0 Å². The van der Waals surface area contributed by atoms with Gasteiger partial charge in [-0.25, -0.2) is 0 Å². The van der Waals surface area contributed by atoms with E-state index in [2.05, 4.69) is 35.6 Å². The SMILES string of the molecule is CO[C@H](c1ccccc1)[C@@H]1CCCNC1. The van der Waals surface area contributed by atoms with Crippen LogP contribution in [-0.2, 0) is 4.74 Å². The molecule has 0 saturated carbocycles. The molecule has 1 N–H and O–H groups in total. The monoisotopic (exact) mass is 205 g/mol. The fourth-order valence-electron chi connectivity index (χ4n) is 2.38. The molecule has 1 aliphatic heterocycles. The van der Waals surface area contributed by atoms with Crippen LogP contribution in [0.2, 0.25) is 0 Å². The van der Waals surface area contributed by atoms with Crippen LogP contribution < -0.4 is 5.32 Å². The van der Waals surface area contributed by atoms with Gasteiger partial charge in [-0.15, -0.1) is 0 Å². The van der Waals surface area contributed by atoms with Crippen LogP contribution in [0.1, 0.15) is 24.5 Å². The average molecular weight is 205 g/mol. The first-order valence-electron chi connectivity index (χ1n) is 5.70. The predicted octanol–water partition coefficient (Wildman–Crippen LogP) is 2.37. The highest BCUT2D eigenvalue weighted by atomic mass is 16.5. The van der Waals surface area contributed by atoms with Gasteiger partial charge >= 0.3 is 0 Å². The Balaban J connectivity index is 2.09. The van der Waals surface area contributed by atoms with E-state index in [1.807, 2.05) is 7.11 Å². The molecule has 1 aromatic carbocycles. The minimum atomic E-state index is 0.249. The molecule has 0 radical (unpaired) electrons. The Morgan fingerprint density at radius 2 is 2.13 bits per heavy atom. The molecule has 1 aromatic rings. The molecule has 2 atom stereocenters. The van der Waals surface area contributed by atoms with Crippen molar-refractivity contribution in [3.05, 3.63) is 35.9 Å². The highest BCUT2D eigenvalue weighted by molar-refractivity contribution is 5.18.